The molecule has 6 heteroatoms. The SMILES string of the molecule is CCOC(C)c1noc(-c2cccc(N)c2O)n1. The zero-order valence-electron chi connectivity index (χ0n) is 10.3. The number of rotatable bonds is 4. The fourth-order valence-corrected chi connectivity index (χ4v) is 1.57. The Morgan fingerprint density at radius 3 is 3.00 bits per heavy atom. The molecule has 1 aromatic carbocycles. The summed E-state index contributed by atoms with van der Waals surface area (Å²) in [6.45, 7) is 4.28. The number of aromatic nitrogens is 2. The van der Waals surface area contributed by atoms with Crippen molar-refractivity contribution in [2.45, 2.75) is 20.0 Å². The third-order valence-electron chi connectivity index (χ3n) is 2.52. The van der Waals surface area contributed by atoms with Gasteiger partial charge in [-0.1, -0.05) is 11.2 Å². The Morgan fingerprint density at radius 1 is 1.50 bits per heavy atom. The molecule has 6 nitrogen and oxygen atoms in total. The Kier molecular flexibility index (Phi) is 3.47. The highest BCUT2D eigenvalue weighted by molar-refractivity contribution is 5.71. The number of nitrogens with two attached hydrogens (primary N) is 1. The van der Waals surface area contributed by atoms with E-state index in [1.165, 1.54) is 0 Å². The number of benzene rings is 1. The molecule has 1 aromatic heterocycles. The van der Waals surface area contributed by atoms with Crippen molar-refractivity contribution in [1.29, 1.82) is 0 Å². The van der Waals surface area contributed by atoms with Crippen molar-refractivity contribution in [1.82, 2.24) is 10.1 Å². The molecule has 3 N–H and O–H groups in total. The van der Waals surface area contributed by atoms with Gasteiger partial charge in [-0.05, 0) is 26.0 Å². The van der Waals surface area contributed by atoms with E-state index in [-0.39, 0.29) is 23.4 Å². The molecule has 0 spiro atoms. The molecule has 2 aromatic rings. The Balaban J connectivity index is 2.32. The van der Waals surface area contributed by atoms with Crippen LogP contribution in [0.2, 0.25) is 0 Å². The Labute approximate surface area is 104 Å². The molecule has 0 amide bonds. The number of nitrogen functional groups attached to an aromatic ring is 1. The van der Waals surface area contributed by atoms with Gasteiger partial charge in [-0.3, -0.25) is 0 Å². The molecule has 18 heavy (non-hydrogen) atoms. The fourth-order valence-electron chi connectivity index (χ4n) is 1.57. The third kappa shape index (κ3) is 2.28. The lowest BCUT2D eigenvalue weighted by Gasteiger charge is -2.05. The summed E-state index contributed by atoms with van der Waals surface area (Å²) in [5.74, 6) is 0.604. The minimum absolute atomic E-state index is 0.0586. The van der Waals surface area contributed by atoms with E-state index in [4.69, 9.17) is 15.0 Å². The maximum absolute atomic E-state index is 9.82. The van der Waals surface area contributed by atoms with Gasteiger partial charge in [0.15, 0.2) is 5.75 Å². The number of anilines is 1. The molecule has 0 aliphatic rings. The van der Waals surface area contributed by atoms with Gasteiger partial charge in [0.05, 0.1) is 11.3 Å². The number of ether oxygens (including phenoxy) is 1. The Hall–Kier alpha value is -2.08. The predicted molar refractivity (Wildman–Crippen MR) is 65.9 cm³/mol. The molecule has 1 unspecified atom stereocenters. The zero-order chi connectivity index (χ0) is 13.1. The van der Waals surface area contributed by atoms with Gasteiger partial charge in [-0.2, -0.15) is 4.98 Å². The Bertz CT molecular complexity index is 539. The van der Waals surface area contributed by atoms with Crippen molar-refractivity contribution in [3.8, 4) is 17.2 Å². The minimum Gasteiger partial charge on any atom is -0.505 e. The minimum atomic E-state index is -0.254. The first-order chi connectivity index (χ1) is 8.63. The predicted octanol–water partition coefficient (Wildman–Crippen LogP) is 2.12. The molecule has 0 fully saturated rings. The van der Waals surface area contributed by atoms with E-state index in [2.05, 4.69) is 10.1 Å². The van der Waals surface area contributed by atoms with Gasteiger partial charge in [-0.25, -0.2) is 0 Å². The van der Waals surface area contributed by atoms with Crippen molar-refractivity contribution in [3.63, 3.8) is 0 Å². The molecule has 1 heterocycles. The fraction of sp³-hybridized carbons (Fsp3) is 0.333. The van der Waals surface area contributed by atoms with Crippen molar-refractivity contribution in [2.24, 2.45) is 0 Å². The molecule has 0 saturated heterocycles. The van der Waals surface area contributed by atoms with Gasteiger partial charge in [0, 0.05) is 6.61 Å². The Morgan fingerprint density at radius 2 is 2.28 bits per heavy atom. The third-order valence-corrected chi connectivity index (χ3v) is 2.52. The second-order valence-electron chi connectivity index (χ2n) is 3.80. The van der Waals surface area contributed by atoms with E-state index in [9.17, 15) is 5.11 Å². The van der Waals surface area contributed by atoms with Gasteiger partial charge in [0.2, 0.25) is 5.82 Å². The monoisotopic (exact) mass is 249 g/mol. The lowest BCUT2D eigenvalue weighted by atomic mass is 10.2. The van der Waals surface area contributed by atoms with Crippen LogP contribution in [0.25, 0.3) is 11.5 Å². The molecule has 1 atom stereocenters. The van der Waals surface area contributed by atoms with Gasteiger partial charge in [0.1, 0.15) is 6.10 Å². The van der Waals surface area contributed by atoms with Crippen molar-refractivity contribution < 1.29 is 14.4 Å². The number of phenolic OH excluding ortho intramolecular Hbond substituents is 1. The number of aromatic hydroxyl groups is 1. The lowest BCUT2D eigenvalue weighted by molar-refractivity contribution is 0.0683. The van der Waals surface area contributed by atoms with Crippen LogP contribution in [0.15, 0.2) is 22.7 Å². The van der Waals surface area contributed by atoms with Crippen LogP contribution >= 0.6 is 0 Å². The zero-order valence-corrected chi connectivity index (χ0v) is 10.3. The van der Waals surface area contributed by atoms with E-state index in [1.807, 2.05) is 13.8 Å². The van der Waals surface area contributed by atoms with Crippen LogP contribution in [0.3, 0.4) is 0 Å². The highest BCUT2D eigenvalue weighted by atomic mass is 16.5. The number of phenols is 1. The van der Waals surface area contributed by atoms with Crippen LogP contribution in [0.1, 0.15) is 25.8 Å². The number of nitrogens with zero attached hydrogens (tertiary/aromatic N) is 2. The quantitative estimate of drug-likeness (QED) is 0.636. The average molecular weight is 249 g/mol. The lowest BCUT2D eigenvalue weighted by Crippen LogP contribution is -2.01. The largest absolute Gasteiger partial charge is 0.505 e. The highest BCUT2D eigenvalue weighted by Crippen LogP contribution is 2.33. The van der Waals surface area contributed by atoms with E-state index < -0.39 is 0 Å². The molecule has 0 aliphatic heterocycles. The molecular weight excluding hydrogens is 234 g/mol. The smallest absolute Gasteiger partial charge is 0.261 e. The van der Waals surface area contributed by atoms with Crippen LogP contribution < -0.4 is 5.73 Å². The highest BCUT2D eigenvalue weighted by Gasteiger charge is 2.17. The molecule has 0 aliphatic carbocycles. The first kappa shape index (κ1) is 12.4. The van der Waals surface area contributed by atoms with Crippen LogP contribution in [0.4, 0.5) is 5.69 Å². The van der Waals surface area contributed by atoms with E-state index in [1.54, 1.807) is 18.2 Å². The summed E-state index contributed by atoms with van der Waals surface area (Å²) in [5.41, 5.74) is 6.29. The maximum Gasteiger partial charge on any atom is 0.261 e. The summed E-state index contributed by atoms with van der Waals surface area (Å²) in [7, 11) is 0. The molecule has 0 bridgehead atoms. The number of hydrogen-bond donors (Lipinski definition) is 2. The number of hydrogen-bond acceptors (Lipinski definition) is 6. The molecule has 0 radical (unpaired) electrons. The average Bonchev–Trinajstić information content (AvgIpc) is 2.82. The summed E-state index contributed by atoms with van der Waals surface area (Å²) in [4.78, 5) is 4.18. The summed E-state index contributed by atoms with van der Waals surface area (Å²) >= 11 is 0. The molecule has 2 rings (SSSR count). The number of para-hydroxylation sites is 1. The van der Waals surface area contributed by atoms with Crippen molar-refractivity contribution >= 4 is 5.69 Å². The molecular formula is C12H15N3O3. The first-order valence-electron chi connectivity index (χ1n) is 5.66. The summed E-state index contributed by atoms with van der Waals surface area (Å²) in [6.07, 6.45) is -0.254. The van der Waals surface area contributed by atoms with Crippen LogP contribution in [-0.4, -0.2) is 21.9 Å². The van der Waals surface area contributed by atoms with Gasteiger partial charge in [-0.15, -0.1) is 0 Å². The van der Waals surface area contributed by atoms with E-state index in [0.29, 0.717) is 18.0 Å². The maximum atomic E-state index is 9.82. The standard InChI is InChI=1S/C12H15N3O3/c1-3-17-7(2)11-14-12(18-15-11)8-5-4-6-9(13)10(8)16/h4-7,16H,3,13H2,1-2H3. The van der Waals surface area contributed by atoms with Crippen molar-refractivity contribution in [3.05, 3.63) is 24.0 Å². The summed E-state index contributed by atoms with van der Waals surface area (Å²) in [5, 5.41) is 13.6. The normalized spacial score (nSPS) is 12.6. The second kappa shape index (κ2) is 5.05. The van der Waals surface area contributed by atoms with Gasteiger partial charge < -0.3 is 20.1 Å². The van der Waals surface area contributed by atoms with Crippen LogP contribution in [0.5, 0.6) is 5.75 Å². The topological polar surface area (TPSA) is 94.4 Å². The summed E-state index contributed by atoms with van der Waals surface area (Å²) in [6, 6.07) is 4.97. The van der Waals surface area contributed by atoms with Crippen LogP contribution in [-0.2, 0) is 4.74 Å². The second-order valence-corrected chi connectivity index (χ2v) is 3.80. The molecule has 96 valence electrons. The van der Waals surface area contributed by atoms with E-state index in [0.717, 1.165) is 0 Å². The first-order valence-corrected chi connectivity index (χ1v) is 5.66. The van der Waals surface area contributed by atoms with Gasteiger partial charge in [0.25, 0.3) is 5.89 Å². The molecule has 0 saturated carbocycles. The van der Waals surface area contributed by atoms with Crippen molar-refractivity contribution in [2.75, 3.05) is 12.3 Å². The van der Waals surface area contributed by atoms with Crippen LogP contribution in [0, 0.1) is 0 Å². The van der Waals surface area contributed by atoms with Gasteiger partial charge >= 0.3 is 0 Å². The summed E-state index contributed by atoms with van der Waals surface area (Å²) < 4.78 is 10.5. The van der Waals surface area contributed by atoms with E-state index >= 15 is 0 Å².